The van der Waals surface area contributed by atoms with E-state index in [0.717, 1.165) is 19.1 Å². The molecule has 0 aliphatic carbocycles. The fourth-order valence-electron chi connectivity index (χ4n) is 2.72. The first kappa shape index (κ1) is 23.3. The smallest absolute Gasteiger partial charge is 0.232 e. The number of rotatable bonds is 13. The highest BCUT2D eigenvalue weighted by Crippen LogP contribution is 2.18. The van der Waals surface area contributed by atoms with Crippen molar-refractivity contribution in [2.45, 2.75) is 72.8 Å². The van der Waals surface area contributed by atoms with Crippen LogP contribution in [0, 0.1) is 17.8 Å². The van der Waals surface area contributed by atoms with Crippen LogP contribution in [0.15, 0.2) is 0 Å². The van der Waals surface area contributed by atoms with Gasteiger partial charge in [0, 0.05) is 18.9 Å². The molecule has 0 aliphatic heterocycles. The van der Waals surface area contributed by atoms with Crippen molar-refractivity contribution in [3.63, 3.8) is 0 Å². The molecule has 6 heteroatoms. The van der Waals surface area contributed by atoms with E-state index < -0.39 is 6.04 Å². The lowest BCUT2D eigenvalue weighted by atomic mass is 9.92. The summed E-state index contributed by atoms with van der Waals surface area (Å²) in [7, 11) is 0. The van der Waals surface area contributed by atoms with Crippen LogP contribution in [-0.4, -0.2) is 42.0 Å². The summed E-state index contributed by atoms with van der Waals surface area (Å²) in [6.45, 7) is 10.1. The van der Waals surface area contributed by atoms with Crippen LogP contribution in [0.3, 0.4) is 0 Å². The minimum absolute atomic E-state index is 0.0704. The highest BCUT2D eigenvalue weighted by Gasteiger charge is 2.25. The van der Waals surface area contributed by atoms with E-state index in [2.05, 4.69) is 5.32 Å². The molecule has 2 atom stereocenters. The summed E-state index contributed by atoms with van der Waals surface area (Å²) < 4.78 is 0. The molecule has 0 rings (SSSR count). The lowest BCUT2D eigenvalue weighted by Gasteiger charge is -2.24. The third kappa shape index (κ3) is 8.79. The van der Waals surface area contributed by atoms with Gasteiger partial charge in [-0.25, -0.2) is 0 Å². The molecule has 0 aromatic heterocycles. The van der Waals surface area contributed by atoms with Crippen LogP contribution < -0.4 is 5.32 Å². The topological polar surface area (TPSA) is 83.6 Å². The van der Waals surface area contributed by atoms with E-state index in [-0.39, 0.29) is 29.6 Å². The molecule has 0 aromatic rings. The van der Waals surface area contributed by atoms with Gasteiger partial charge >= 0.3 is 0 Å². The van der Waals surface area contributed by atoms with Crippen LogP contribution in [0.2, 0.25) is 0 Å². The highest BCUT2D eigenvalue weighted by molar-refractivity contribution is 5.88. The van der Waals surface area contributed by atoms with Gasteiger partial charge in [0.1, 0.15) is 6.29 Å². The van der Waals surface area contributed by atoms with Gasteiger partial charge in [-0.2, -0.15) is 0 Å². The lowest BCUT2D eigenvalue weighted by molar-refractivity contribution is -0.142. The minimum Gasteiger partial charge on any atom is -0.346 e. The number of unbranched alkanes of at least 4 members (excludes halogenated alkanes) is 2. The summed E-state index contributed by atoms with van der Waals surface area (Å²) in [6.07, 6.45) is 4.51. The number of imide groups is 1. The van der Waals surface area contributed by atoms with Gasteiger partial charge in [-0.15, -0.1) is 0 Å². The minimum atomic E-state index is -0.447. The van der Waals surface area contributed by atoms with E-state index in [1.165, 1.54) is 4.90 Å². The summed E-state index contributed by atoms with van der Waals surface area (Å²) in [5, 5.41) is 2.70. The Kier molecular flexibility index (Phi) is 11.7. The molecule has 0 aromatic carbocycles. The largest absolute Gasteiger partial charge is 0.346 e. The summed E-state index contributed by atoms with van der Waals surface area (Å²) in [5.74, 6) is -0.111. The van der Waals surface area contributed by atoms with Gasteiger partial charge in [0.05, 0.1) is 6.04 Å². The average Bonchev–Trinajstić information content (AvgIpc) is 2.55. The maximum atomic E-state index is 12.3. The molecule has 2 unspecified atom stereocenters. The molecule has 0 saturated carbocycles. The Morgan fingerprint density at radius 3 is 2.08 bits per heavy atom. The molecule has 0 spiro atoms. The van der Waals surface area contributed by atoms with Crippen molar-refractivity contribution >= 4 is 24.5 Å². The molecule has 25 heavy (non-hydrogen) atoms. The molecule has 144 valence electrons. The number of nitrogens with zero attached hydrogens (tertiary/aromatic N) is 1. The number of amides is 3. The van der Waals surface area contributed by atoms with E-state index in [1.54, 1.807) is 0 Å². The first-order valence-corrected chi connectivity index (χ1v) is 9.28. The third-order valence-electron chi connectivity index (χ3n) is 4.47. The van der Waals surface area contributed by atoms with Crippen LogP contribution in [0.4, 0.5) is 0 Å². The standard InChI is InChI=1S/C19H34N2O4/c1-6-16(14(2)3)19(25)21(13-23)11-9-7-8-10-18(24)20-17(12-22)15(4)5/h12-17H,6-11H2,1-5H3,(H,20,24). The van der Waals surface area contributed by atoms with Crippen molar-refractivity contribution in [1.82, 2.24) is 10.2 Å². The summed E-state index contributed by atoms with van der Waals surface area (Å²) in [6, 6.07) is -0.447. The van der Waals surface area contributed by atoms with E-state index >= 15 is 0 Å². The van der Waals surface area contributed by atoms with Crippen LogP contribution in [0.1, 0.15) is 66.7 Å². The van der Waals surface area contributed by atoms with E-state index in [1.807, 2.05) is 34.6 Å². The quantitative estimate of drug-likeness (QED) is 0.407. The van der Waals surface area contributed by atoms with E-state index in [9.17, 15) is 19.2 Å². The molecular weight excluding hydrogens is 320 g/mol. The molecule has 0 aliphatic rings. The Labute approximate surface area is 151 Å². The average molecular weight is 354 g/mol. The first-order chi connectivity index (χ1) is 11.8. The van der Waals surface area contributed by atoms with Crippen LogP contribution in [0.5, 0.6) is 0 Å². The van der Waals surface area contributed by atoms with Crippen LogP contribution in [0.25, 0.3) is 0 Å². The SMILES string of the molecule is CCC(C(=O)N(C=O)CCCCCC(=O)NC(C=O)C(C)C)C(C)C. The van der Waals surface area contributed by atoms with Gasteiger partial charge in [-0.1, -0.05) is 41.0 Å². The maximum Gasteiger partial charge on any atom is 0.232 e. The zero-order valence-corrected chi connectivity index (χ0v) is 16.3. The second-order valence-electron chi connectivity index (χ2n) is 7.18. The number of hydrogen-bond donors (Lipinski definition) is 1. The maximum absolute atomic E-state index is 12.3. The van der Waals surface area contributed by atoms with Crippen molar-refractivity contribution in [3.8, 4) is 0 Å². The van der Waals surface area contributed by atoms with Crippen LogP contribution in [-0.2, 0) is 19.2 Å². The number of carbonyl (C=O) groups excluding carboxylic acids is 4. The molecule has 0 saturated heterocycles. The summed E-state index contributed by atoms with van der Waals surface area (Å²) in [4.78, 5) is 47.4. The van der Waals surface area contributed by atoms with Crippen molar-refractivity contribution in [2.75, 3.05) is 6.54 Å². The Morgan fingerprint density at radius 2 is 1.64 bits per heavy atom. The molecule has 0 radical (unpaired) electrons. The van der Waals surface area contributed by atoms with Gasteiger partial charge < -0.3 is 10.1 Å². The molecule has 3 amide bonds. The van der Waals surface area contributed by atoms with Gasteiger partial charge in [-0.3, -0.25) is 19.3 Å². The van der Waals surface area contributed by atoms with Crippen LogP contribution >= 0.6 is 0 Å². The Balaban J connectivity index is 4.17. The van der Waals surface area contributed by atoms with Crippen molar-refractivity contribution in [2.24, 2.45) is 17.8 Å². The Morgan fingerprint density at radius 1 is 1.00 bits per heavy atom. The summed E-state index contributed by atoms with van der Waals surface area (Å²) >= 11 is 0. The lowest BCUT2D eigenvalue weighted by Crippen LogP contribution is -2.39. The molecule has 0 bridgehead atoms. The fourth-order valence-corrected chi connectivity index (χ4v) is 2.72. The molecule has 1 N–H and O–H groups in total. The Bertz CT molecular complexity index is 435. The van der Waals surface area contributed by atoms with Crippen molar-refractivity contribution < 1.29 is 19.2 Å². The number of hydrogen-bond acceptors (Lipinski definition) is 4. The molecule has 0 heterocycles. The summed E-state index contributed by atoms with van der Waals surface area (Å²) in [5.41, 5.74) is 0. The monoisotopic (exact) mass is 354 g/mol. The zero-order chi connectivity index (χ0) is 19.4. The number of carbonyl (C=O) groups is 4. The predicted molar refractivity (Wildman–Crippen MR) is 97.7 cm³/mol. The highest BCUT2D eigenvalue weighted by atomic mass is 16.2. The molecule has 0 fully saturated rings. The Hall–Kier alpha value is -1.72. The first-order valence-electron chi connectivity index (χ1n) is 9.28. The van der Waals surface area contributed by atoms with E-state index in [4.69, 9.17) is 0 Å². The van der Waals surface area contributed by atoms with Gasteiger partial charge in [0.25, 0.3) is 0 Å². The number of nitrogens with one attached hydrogen (secondary N) is 1. The normalized spacial score (nSPS) is 13.4. The van der Waals surface area contributed by atoms with Gasteiger partial charge in [0.15, 0.2) is 0 Å². The van der Waals surface area contributed by atoms with Gasteiger partial charge in [0.2, 0.25) is 18.2 Å². The molecule has 6 nitrogen and oxygen atoms in total. The fraction of sp³-hybridized carbons (Fsp3) is 0.789. The predicted octanol–water partition coefficient (Wildman–Crippen LogP) is 2.55. The second-order valence-corrected chi connectivity index (χ2v) is 7.18. The zero-order valence-electron chi connectivity index (χ0n) is 16.3. The van der Waals surface area contributed by atoms with Crippen molar-refractivity contribution in [1.29, 1.82) is 0 Å². The molecular formula is C19H34N2O4. The number of aldehydes is 1. The second kappa shape index (κ2) is 12.6. The van der Waals surface area contributed by atoms with Gasteiger partial charge in [-0.05, 0) is 31.1 Å². The van der Waals surface area contributed by atoms with Crippen molar-refractivity contribution in [3.05, 3.63) is 0 Å². The van der Waals surface area contributed by atoms with E-state index in [0.29, 0.717) is 32.2 Å². The third-order valence-corrected chi connectivity index (χ3v) is 4.47.